The highest BCUT2D eigenvalue weighted by Crippen LogP contribution is 2.39. The quantitative estimate of drug-likeness (QED) is 0.784. The molecular weight excluding hydrogens is 258 g/mol. The second-order valence-corrected chi connectivity index (χ2v) is 5.05. The Balaban J connectivity index is 1.82. The molecule has 2 nitrogen and oxygen atoms in total. The third kappa shape index (κ3) is 2.41. The van der Waals surface area contributed by atoms with Crippen molar-refractivity contribution in [3.05, 3.63) is 65.2 Å². The number of hydrogen-bond acceptors (Lipinski definition) is 2. The lowest BCUT2D eigenvalue weighted by molar-refractivity contribution is 0.414. The summed E-state index contributed by atoms with van der Waals surface area (Å²) in [6, 6.07) is 16.5. The fourth-order valence-corrected chi connectivity index (χ4v) is 2.69. The van der Waals surface area contributed by atoms with Crippen LogP contribution in [-0.4, -0.2) is 7.11 Å². The molecule has 0 N–H and O–H groups in total. The maximum atomic E-state index is 6.37. The number of methoxy groups -OCH3 is 1. The topological polar surface area (TPSA) is 12.5 Å². The van der Waals surface area contributed by atoms with E-state index in [-0.39, 0.29) is 0 Å². The summed E-state index contributed by atoms with van der Waals surface area (Å²) in [5.74, 6) is 0.876. The monoisotopic (exact) mass is 272 g/mol. The van der Waals surface area contributed by atoms with Crippen molar-refractivity contribution >= 4 is 17.3 Å². The minimum absolute atomic E-state index is 0.792. The summed E-state index contributed by atoms with van der Waals surface area (Å²) < 4.78 is 5.17. The Kier molecular flexibility index (Phi) is 3.34. The first-order valence-corrected chi connectivity index (χ1v) is 6.65. The van der Waals surface area contributed by atoms with Crippen LogP contribution in [0, 0.1) is 5.50 Å². The molecule has 0 fully saturated rings. The van der Waals surface area contributed by atoms with Crippen molar-refractivity contribution in [2.24, 2.45) is 0 Å². The van der Waals surface area contributed by atoms with Crippen molar-refractivity contribution in [1.29, 1.82) is 0 Å². The number of hydrogen-bond donors (Lipinski definition) is 0. The molecule has 0 amide bonds. The van der Waals surface area contributed by atoms with Gasteiger partial charge in [-0.25, -0.2) is 0 Å². The van der Waals surface area contributed by atoms with Gasteiger partial charge in [-0.05, 0) is 29.3 Å². The Morgan fingerprint density at radius 2 is 1.84 bits per heavy atom. The number of anilines is 1. The van der Waals surface area contributed by atoms with E-state index in [1.165, 1.54) is 16.8 Å². The number of rotatable bonds is 3. The van der Waals surface area contributed by atoms with Gasteiger partial charge in [-0.3, -0.25) is 0 Å². The zero-order chi connectivity index (χ0) is 13.2. The van der Waals surface area contributed by atoms with Gasteiger partial charge in [-0.1, -0.05) is 41.9 Å². The molecule has 1 aliphatic heterocycles. The van der Waals surface area contributed by atoms with Crippen LogP contribution in [0.4, 0.5) is 5.69 Å². The summed E-state index contributed by atoms with van der Waals surface area (Å²) in [6.45, 7) is 0.792. The first-order valence-electron chi connectivity index (χ1n) is 6.27. The molecule has 0 aliphatic carbocycles. The smallest absolute Gasteiger partial charge is 0.157 e. The molecule has 0 bridgehead atoms. The van der Waals surface area contributed by atoms with Gasteiger partial charge in [-0.15, -0.1) is 0 Å². The Bertz CT molecular complexity index is 567. The minimum atomic E-state index is 0.792. The summed E-state index contributed by atoms with van der Waals surface area (Å²) in [5, 5.41) is 0. The van der Waals surface area contributed by atoms with E-state index in [9.17, 15) is 0 Å². The van der Waals surface area contributed by atoms with Crippen molar-refractivity contribution in [3.8, 4) is 5.75 Å². The molecule has 0 unspecified atom stereocenters. The zero-order valence-corrected chi connectivity index (χ0v) is 11.5. The second-order valence-electron chi connectivity index (χ2n) is 4.62. The van der Waals surface area contributed by atoms with Crippen molar-refractivity contribution in [3.63, 3.8) is 0 Å². The highest BCUT2D eigenvalue weighted by molar-refractivity contribution is 6.29. The molecule has 3 heteroatoms. The van der Waals surface area contributed by atoms with E-state index < -0.39 is 0 Å². The van der Waals surface area contributed by atoms with Crippen molar-refractivity contribution < 1.29 is 4.74 Å². The lowest BCUT2D eigenvalue weighted by Crippen LogP contribution is -2.20. The maximum Gasteiger partial charge on any atom is 0.157 e. The Morgan fingerprint density at radius 3 is 2.58 bits per heavy atom. The molecular formula is C16H15ClNO. The van der Waals surface area contributed by atoms with Crippen LogP contribution in [0.2, 0.25) is 0 Å². The third-order valence-corrected chi connectivity index (χ3v) is 3.75. The molecule has 1 radical (unpaired) electrons. The molecule has 0 atom stereocenters. The zero-order valence-electron chi connectivity index (χ0n) is 10.8. The number of ether oxygens (including phenoxy) is 1. The number of benzene rings is 2. The first-order chi connectivity index (χ1) is 9.28. The van der Waals surface area contributed by atoms with E-state index in [4.69, 9.17) is 16.3 Å². The predicted octanol–water partition coefficient (Wildman–Crippen LogP) is 3.99. The molecule has 0 saturated heterocycles. The van der Waals surface area contributed by atoms with Crippen LogP contribution in [0.5, 0.6) is 5.75 Å². The van der Waals surface area contributed by atoms with Gasteiger partial charge in [-0.2, -0.15) is 0 Å². The van der Waals surface area contributed by atoms with Crippen molar-refractivity contribution in [2.75, 3.05) is 12.0 Å². The van der Waals surface area contributed by atoms with Gasteiger partial charge in [0.25, 0.3) is 0 Å². The predicted molar refractivity (Wildman–Crippen MR) is 78.4 cm³/mol. The lowest BCUT2D eigenvalue weighted by Gasteiger charge is -2.22. The number of halogens is 1. The first kappa shape index (κ1) is 12.4. The van der Waals surface area contributed by atoms with Crippen LogP contribution >= 0.6 is 11.6 Å². The fraction of sp³-hybridized carbons (Fsp3) is 0.188. The molecule has 19 heavy (non-hydrogen) atoms. The van der Waals surface area contributed by atoms with Crippen LogP contribution in [-0.2, 0) is 13.0 Å². The van der Waals surface area contributed by atoms with Crippen LogP contribution in [0.25, 0.3) is 0 Å². The third-order valence-electron chi connectivity index (χ3n) is 3.41. The van der Waals surface area contributed by atoms with Crippen LogP contribution in [0.3, 0.4) is 0 Å². The minimum Gasteiger partial charge on any atom is -0.497 e. The molecule has 97 valence electrons. The summed E-state index contributed by atoms with van der Waals surface area (Å²) in [5.41, 5.74) is 4.61. The SMILES string of the molecule is COc1ccc(CN2[C](Cl)Cc3ccccc32)cc1. The van der Waals surface area contributed by atoms with Crippen LogP contribution < -0.4 is 9.64 Å². The van der Waals surface area contributed by atoms with E-state index in [0.29, 0.717) is 0 Å². The second kappa shape index (κ2) is 5.14. The highest BCUT2D eigenvalue weighted by atomic mass is 35.5. The Hall–Kier alpha value is -1.67. The standard InChI is InChI=1S/C16H15ClNO/c1-19-14-8-6-12(7-9-14)11-18-15-5-3-2-4-13(15)10-16(18)17/h2-9H,10-11H2,1H3. The summed E-state index contributed by atoms with van der Waals surface area (Å²) in [4.78, 5) is 2.17. The molecule has 0 saturated carbocycles. The average Bonchev–Trinajstić information content (AvgIpc) is 2.76. The van der Waals surface area contributed by atoms with E-state index in [1.807, 2.05) is 12.1 Å². The molecule has 2 aromatic carbocycles. The number of nitrogens with zero attached hydrogens (tertiary/aromatic N) is 1. The van der Waals surface area contributed by atoms with E-state index in [1.54, 1.807) is 7.11 Å². The van der Waals surface area contributed by atoms with Gasteiger partial charge in [0.2, 0.25) is 0 Å². The Labute approximate surface area is 118 Å². The maximum absolute atomic E-state index is 6.37. The summed E-state index contributed by atoms with van der Waals surface area (Å²) >= 11 is 6.37. The van der Waals surface area contributed by atoms with E-state index in [0.717, 1.165) is 24.2 Å². The van der Waals surface area contributed by atoms with Gasteiger partial charge in [0.1, 0.15) is 5.75 Å². The molecule has 1 aliphatic rings. The molecule has 0 aromatic heterocycles. The number of para-hydroxylation sites is 1. The van der Waals surface area contributed by atoms with Crippen LogP contribution in [0.1, 0.15) is 11.1 Å². The number of fused-ring (bicyclic) bond motifs is 1. The van der Waals surface area contributed by atoms with Gasteiger partial charge in [0.15, 0.2) is 5.50 Å². The molecule has 2 aromatic rings. The van der Waals surface area contributed by atoms with Gasteiger partial charge in [0, 0.05) is 18.7 Å². The van der Waals surface area contributed by atoms with E-state index >= 15 is 0 Å². The van der Waals surface area contributed by atoms with E-state index in [2.05, 4.69) is 41.3 Å². The normalized spacial score (nSPS) is 14.5. The summed E-state index contributed by atoms with van der Waals surface area (Å²) in [7, 11) is 1.68. The lowest BCUT2D eigenvalue weighted by atomic mass is 10.1. The van der Waals surface area contributed by atoms with Crippen LogP contribution in [0.15, 0.2) is 48.5 Å². The molecule has 1 heterocycles. The Morgan fingerprint density at radius 1 is 1.11 bits per heavy atom. The van der Waals surface area contributed by atoms with Crippen molar-refractivity contribution in [2.45, 2.75) is 13.0 Å². The fourth-order valence-electron chi connectivity index (χ4n) is 2.39. The largest absolute Gasteiger partial charge is 0.497 e. The molecule has 0 spiro atoms. The average molecular weight is 273 g/mol. The highest BCUT2D eigenvalue weighted by Gasteiger charge is 2.28. The van der Waals surface area contributed by atoms with Gasteiger partial charge in [0.05, 0.1) is 7.11 Å². The van der Waals surface area contributed by atoms with Gasteiger partial charge < -0.3 is 9.64 Å². The van der Waals surface area contributed by atoms with Gasteiger partial charge >= 0.3 is 0 Å². The van der Waals surface area contributed by atoms with Crippen molar-refractivity contribution in [1.82, 2.24) is 0 Å². The molecule has 3 rings (SSSR count). The summed E-state index contributed by atoms with van der Waals surface area (Å²) in [6.07, 6.45) is 0.827.